The second-order valence-corrected chi connectivity index (χ2v) is 4.77. The number of rotatable bonds is 2. The van der Waals surface area contributed by atoms with Crippen LogP contribution in [0.2, 0.25) is 0 Å². The highest BCUT2D eigenvalue weighted by molar-refractivity contribution is 5.60. The van der Waals surface area contributed by atoms with Crippen molar-refractivity contribution >= 4 is 5.69 Å². The molecular formula is C14H17N3. The van der Waals surface area contributed by atoms with Gasteiger partial charge in [0.05, 0.1) is 12.0 Å². The molecular weight excluding hydrogens is 210 g/mol. The number of aryl methyl sites for hydroxylation is 1. The van der Waals surface area contributed by atoms with Crippen LogP contribution in [-0.2, 0) is 13.0 Å². The van der Waals surface area contributed by atoms with Gasteiger partial charge in [0.2, 0.25) is 0 Å². The number of likely N-dealkylation sites (N-methyl/N-ethyl adjacent to an activating group) is 1. The van der Waals surface area contributed by atoms with E-state index in [1.165, 1.54) is 16.8 Å². The molecule has 3 rings (SSSR count). The molecule has 0 N–H and O–H groups in total. The molecule has 0 saturated heterocycles. The lowest BCUT2D eigenvalue weighted by atomic mass is 10.1. The zero-order valence-corrected chi connectivity index (χ0v) is 10.3. The van der Waals surface area contributed by atoms with Crippen molar-refractivity contribution in [3.63, 3.8) is 0 Å². The number of benzene rings is 1. The van der Waals surface area contributed by atoms with E-state index in [0.717, 1.165) is 25.2 Å². The van der Waals surface area contributed by atoms with Crippen molar-refractivity contribution < 1.29 is 0 Å². The van der Waals surface area contributed by atoms with E-state index in [-0.39, 0.29) is 0 Å². The van der Waals surface area contributed by atoms with Gasteiger partial charge in [-0.25, -0.2) is 4.98 Å². The van der Waals surface area contributed by atoms with E-state index in [1.807, 2.05) is 13.3 Å². The molecule has 88 valence electrons. The summed E-state index contributed by atoms with van der Waals surface area (Å²) in [6, 6.07) is 6.60. The summed E-state index contributed by atoms with van der Waals surface area (Å²) in [5, 5.41) is 0. The predicted molar refractivity (Wildman–Crippen MR) is 69.5 cm³/mol. The third-order valence-corrected chi connectivity index (χ3v) is 3.47. The smallest absolute Gasteiger partial charge is 0.0952 e. The Labute approximate surface area is 102 Å². The van der Waals surface area contributed by atoms with Crippen LogP contribution in [0.25, 0.3) is 0 Å². The molecule has 0 aliphatic carbocycles. The molecule has 0 spiro atoms. The fraction of sp³-hybridized carbons (Fsp3) is 0.357. The summed E-state index contributed by atoms with van der Waals surface area (Å²) in [6.07, 6.45) is 5.17. The van der Waals surface area contributed by atoms with E-state index in [4.69, 9.17) is 0 Å². The van der Waals surface area contributed by atoms with Gasteiger partial charge in [-0.05, 0) is 30.5 Å². The fourth-order valence-corrected chi connectivity index (χ4v) is 2.57. The SMILES string of the molecule is Cc1cn(Cc2cccc3c2CCN3C)cn1. The van der Waals surface area contributed by atoms with Crippen LogP contribution in [0.15, 0.2) is 30.7 Å². The molecule has 2 aromatic rings. The number of aromatic nitrogens is 2. The normalized spacial score (nSPS) is 14.1. The maximum atomic E-state index is 4.27. The van der Waals surface area contributed by atoms with E-state index >= 15 is 0 Å². The Bertz CT molecular complexity index is 542. The van der Waals surface area contributed by atoms with Crippen LogP contribution < -0.4 is 4.90 Å². The summed E-state index contributed by atoms with van der Waals surface area (Å²) in [6.45, 7) is 4.09. The molecule has 0 radical (unpaired) electrons. The van der Waals surface area contributed by atoms with Gasteiger partial charge in [0.15, 0.2) is 0 Å². The highest BCUT2D eigenvalue weighted by atomic mass is 15.1. The third kappa shape index (κ3) is 1.82. The number of imidazole rings is 1. The first-order chi connectivity index (χ1) is 8.24. The van der Waals surface area contributed by atoms with Gasteiger partial charge in [0, 0.05) is 32.0 Å². The van der Waals surface area contributed by atoms with Crippen molar-refractivity contribution in [1.82, 2.24) is 9.55 Å². The Morgan fingerprint density at radius 1 is 1.35 bits per heavy atom. The minimum Gasteiger partial charge on any atom is -0.374 e. The van der Waals surface area contributed by atoms with Crippen molar-refractivity contribution in [2.75, 3.05) is 18.5 Å². The standard InChI is InChI=1S/C14H17N3/c1-11-8-17(10-15-11)9-12-4-3-5-14-13(12)6-7-16(14)2/h3-5,8,10H,6-7,9H2,1-2H3. The average Bonchev–Trinajstić information content (AvgIpc) is 2.88. The Morgan fingerprint density at radius 2 is 2.24 bits per heavy atom. The molecule has 3 nitrogen and oxygen atoms in total. The highest BCUT2D eigenvalue weighted by Crippen LogP contribution is 2.29. The van der Waals surface area contributed by atoms with Crippen molar-refractivity contribution in [3.8, 4) is 0 Å². The fourth-order valence-electron chi connectivity index (χ4n) is 2.57. The van der Waals surface area contributed by atoms with E-state index in [2.05, 4.69) is 45.9 Å². The molecule has 17 heavy (non-hydrogen) atoms. The lowest BCUT2D eigenvalue weighted by molar-refractivity contribution is 0.788. The molecule has 2 heterocycles. The molecule has 0 amide bonds. The summed E-state index contributed by atoms with van der Waals surface area (Å²) >= 11 is 0. The van der Waals surface area contributed by atoms with Crippen molar-refractivity contribution in [2.45, 2.75) is 19.9 Å². The number of nitrogens with zero attached hydrogens (tertiary/aromatic N) is 3. The van der Waals surface area contributed by atoms with Gasteiger partial charge >= 0.3 is 0 Å². The first-order valence-electron chi connectivity index (χ1n) is 6.04. The second-order valence-electron chi connectivity index (χ2n) is 4.77. The summed E-state index contributed by atoms with van der Waals surface area (Å²) in [5.41, 5.74) is 5.39. The third-order valence-electron chi connectivity index (χ3n) is 3.47. The molecule has 0 unspecified atom stereocenters. The molecule has 3 heteroatoms. The molecule has 0 bridgehead atoms. The Kier molecular flexibility index (Phi) is 2.39. The summed E-state index contributed by atoms with van der Waals surface area (Å²) in [7, 11) is 2.16. The second kappa shape index (κ2) is 3.91. The Hall–Kier alpha value is -1.77. The lowest BCUT2D eigenvalue weighted by Gasteiger charge is -2.13. The molecule has 1 aromatic heterocycles. The zero-order valence-electron chi connectivity index (χ0n) is 10.3. The van der Waals surface area contributed by atoms with Crippen LogP contribution in [0.3, 0.4) is 0 Å². The maximum Gasteiger partial charge on any atom is 0.0952 e. The summed E-state index contributed by atoms with van der Waals surface area (Å²) in [4.78, 5) is 6.61. The molecule has 0 saturated carbocycles. The van der Waals surface area contributed by atoms with E-state index < -0.39 is 0 Å². The van der Waals surface area contributed by atoms with Gasteiger partial charge < -0.3 is 9.47 Å². The van der Waals surface area contributed by atoms with Crippen LogP contribution in [0.1, 0.15) is 16.8 Å². The van der Waals surface area contributed by atoms with Crippen LogP contribution >= 0.6 is 0 Å². The van der Waals surface area contributed by atoms with Gasteiger partial charge in [0.25, 0.3) is 0 Å². The Balaban J connectivity index is 1.94. The minimum atomic E-state index is 0.928. The first kappa shape index (κ1) is 10.4. The van der Waals surface area contributed by atoms with Crippen LogP contribution in [0, 0.1) is 6.92 Å². The number of anilines is 1. The largest absolute Gasteiger partial charge is 0.374 e. The molecule has 1 aromatic carbocycles. The van der Waals surface area contributed by atoms with Crippen LogP contribution in [0.4, 0.5) is 5.69 Å². The van der Waals surface area contributed by atoms with E-state index in [9.17, 15) is 0 Å². The summed E-state index contributed by atoms with van der Waals surface area (Å²) < 4.78 is 2.16. The van der Waals surface area contributed by atoms with E-state index in [1.54, 1.807) is 0 Å². The van der Waals surface area contributed by atoms with Gasteiger partial charge in [-0.15, -0.1) is 0 Å². The number of hydrogen-bond donors (Lipinski definition) is 0. The molecule has 1 aliphatic rings. The van der Waals surface area contributed by atoms with Crippen LogP contribution in [0.5, 0.6) is 0 Å². The monoisotopic (exact) mass is 227 g/mol. The van der Waals surface area contributed by atoms with E-state index in [0.29, 0.717) is 0 Å². The van der Waals surface area contributed by atoms with Crippen LogP contribution in [-0.4, -0.2) is 23.1 Å². The molecule has 0 atom stereocenters. The summed E-state index contributed by atoms with van der Waals surface area (Å²) in [5.74, 6) is 0. The number of fused-ring (bicyclic) bond motifs is 1. The number of hydrogen-bond acceptors (Lipinski definition) is 2. The van der Waals surface area contributed by atoms with Crippen molar-refractivity contribution in [2.24, 2.45) is 0 Å². The molecule has 0 fully saturated rings. The first-order valence-corrected chi connectivity index (χ1v) is 6.04. The average molecular weight is 227 g/mol. The minimum absolute atomic E-state index is 0.928. The van der Waals surface area contributed by atoms with Gasteiger partial charge in [0.1, 0.15) is 0 Å². The quantitative estimate of drug-likeness (QED) is 0.784. The zero-order chi connectivity index (χ0) is 11.8. The van der Waals surface area contributed by atoms with Gasteiger partial charge in [-0.3, -0.25) is 0 Å². The maximum absolute atomic E-state index is 4.27. The highest BCUT2D eigenvalue weighted by Gasteiger charge is 2.18. The van der Waals surface area contributed by atoms with Crippen molar-refractivity contribution in [3.05, 3.63) is 47.5 Å². The van der Waals surface area contributed by atoms with Gasteiger partial charge in [-0.1, -0.05) is 12.1 Å². The lowest BCUT2D eigenvalue weighted by Crippen LogP contribution is -2.12. The topological polar surface area (TPSA) is 21.1 Å². The predicted octanol–water partition coefficient (Wildman–Crippen LogP) is 2.23. The van der Waals surface area contributed by atoms with Crippen molar-refractivity contribution in [1.29, 1.82) is 0 Å². The molecule has 1 aliphatic heterocycles. The Morgan fingerprint density at radius 3 is 3.00 bits per heavy atom. The van der Waals surface area contributed by atoms with Gasteiger partial charge in [-0.2, -0.15) is 0 Å².